The maximum Gasteiger partial charge on any atom is 0.265 e. The van der Waals surface area contributed by atoms with Crippen LogP contribution in [0, 0.1) is 6.92 Å². The van der Waals surface area contributed by atoms with Crippen LogP contribution in [0.3, 0.4) is 0 Å². The first-order chi connectivity index (χ1) is 12.3. The highest BCUT2D eigenvalue weighted by molar-refractivity contribution is 5.94. The number of aryl methyl sites for hydroxylation is 1. The largest absolute Gasteiger partial charge is 0.491 e. The first-order valence-corrected chi connectivity index (χ1v) is 9.11. The molecule has 0 unspecified atom stereocenters. The van der Waals surface area contributed by atoms with Crippen LogP contribution in [0.25, 0.3) is 0 Å². The van der Waals surface area contributed by atoms with E-state index in [0.717, 1.165) is 28.3 Å². The molecule has 2 aromatic carbocycles. The molecule has 1 amide bonds. The van der Waals surface area contributed by atoms with Crippen LogP contribution in [0.2, 0.25) is 0 Å². The van der Waals surface area contributed by atoms with Gasteiger partial charge in [0.2, 0.25) is 0 Å². The molecule has 0 aromatic heterocycles. The van der Waals surface area contributed by atoms with E-state index in [1.165, 1.54) is 0 Å². The number of hydrogen-bond acceptors (Lipinski definition) is 3. The molecule has 0 aliphatic rings. The van der Waals surface area contributed by atoms with Crippen LogP contribution in [0.1, 0.15) is 51.7 Å². The quantitative estimate of drug-likeness (QED) is 0.732. The Morgan fingerprint density at radius 1 is 0.923 bits per heavy atom. The SMILES string of the molecule is Cc1ccc(C(C)C)c(O[C@H](C)C(=O)Nc2ccc(OC(C)C)cc2)c1. The average molecular weight is 355 g/mol. The van der Waals surface area contributed by atoms with Gasteiger partial charge in [-0.3, -0.25) is 4.79 Å². The minimum Gasteiger partial charge on any atom is -0.491 e. The van der Waals surface area contributed by atoms with Crippen LogP contribution in [0.15, 0.2) is 42.5 Å². The van der Waals surface area contributed by atoms with E-state index in [2.05, 4.69) is 31.3 Å². The van der Waals surface area contributed by atoms with Gasteiger partial charge in [0, 0.05) is 5.69 Å². The molecule has 0 radical (unpaired) electrons. The van der Waals surface area contributed by atoms with E-state index in [0.29, 0.717) is 5.92 Å². The molecule has 4 nitrogen and oxygen atoms in total. The Morgan fingerprint density at radius 3 is 2.15 bits per heavy atom. The molecule has 2 aromatic rings. The number of hydrogen-bond donors (Lipinski definition) is 1. The minimum absolute atomic E-state index is 0.119. The van der Waals surface area contributed by atoms with Gasteiger partial charge in [-0.2, -0.15) is 0 Å². The number of rotatable bonds is 7. The van der Waals surface area contributed by atoms with Crippen molar-refractivity contribution >= 4 is 11.6 Å². The average Bonchev–Trinajstić information content (AvgIpc) is 2.55. The fourth-order valence-electron chi connectivity index (χ4n) is 2.60. The summed E-state index contributed by atoms with van der Waals surface area (Å²) < 4.78 is 11.6. The van der Waals surface area contributed by atoms with Gasteiger partial charge in [-0.15, -0.1) is 0 Å². The van der Waals surface area contributed by atoms with Crippen molar-refractivity contribution in [3.63, 3.8) is 0 Å². The molecule has 0 saturated heterocycles. The maximum absolute atomic E-state index is 12.5. The summed E-state index contributed by atoms with van der Waals surface area (Å²) in [4.78, 5) is 12.5. The number of amides is 1. The van der Waals surface area contributed by atoms with Gasteiger partial charge in [-0.1, -0.05) is 26.0 Å². The molecule has 1 N–H and O–H groups in total. The molecular formula is C22H29NO3. The first kappa shape index (κ1) is 19.8. The van der Waals surface area contributed by atoms with Gasteiger partial charge >= 0.3 is 0 Å². The van der Waals surface area contributed by atoms with Crippen LogP contribution >= 0.6 is 0 Å². The monoisotopic (exact) mass is 355 g/mol. The van der Waals surface area contributed by atoms with E-state index in [1.54, 1.807) is 6.92 Å². The zero-order valence-electron chi connectivity index (χ0n) is 16.5. The van der Waals surface area contributed by atoms with Crippen molar-refractivity contribution in [2.75, 3.05) is 5.32 Å². The number of nitrogens with one attached hydrogen (secondary N) is 1. The van der Waals surface area contributed by atoms with Crippen LogP contribution < -0.4 is 14.8 Å². The summed E-state index contributed by atoms with van der Waals surface area (Å²) >= 11 is 0. The predicted molar refractivity (Wildman–Crippen MR) is 106 cm³/mol. The highest BCUT2D eigenvalue weighted by Crippen LogP contribution is 2.28. The Hall–Kier alpha value is -2.49. The van der Waals surface area contributed by atoms with Gasteiger partial charge in [0.25, 0.3) is 5.91 Å². The Morgan fingerprint density at radius 2 is 1.58 bits per heavy atom. The van der Waals surface area contributed by atoms with Crippen molar-refractivity contribution in [1.29, 1.82) is 0 Å². The Kier molecular flexibility index (Phi) is 6.67. The lowest BCUT2D eigenvalue weighted by molar-refractivity contribution is -0.122. The third-order valence-electron chi connectivity index (χ3n) is 3.96. The van der Waals surface area contributed by atoms with Crippen LogP contribution in [0.4, 0.5) is 5.69 Å². The summed E-state index contributed by atoms with van der Waals surface area (Å²) in [6, 6.07) is 13.5. The fourth-order valence-corrected chi connectivity index (χ4v) is 2.60. The molecular weight excluding hydrogens is 326 g/mol. The molecule has 0 fully saturated rings. The van der Waals surface area contributed by atoms with Crippen molar-refractivity contribution in [3.8, 4) is 11.5 Å². The molecule has 0 spiro atoms. The van der Waals surface area contributed by atoms with Gasteiger partial charge in [0.05, 0.1) is 6.10 Å². The third-order valence-corrected chi connectivity index (χ3v) is 3.96. The zero-order valence-corrected chi connectivity index (χ0v) is 16.5. The van der Waals surface area contributed by atoms with Gasteiger partial charge in [0.15, 0.2) is 6.10 Å². The normalized spacial score (nSPS) is 12.2. The highest BCUT2D eigenvalue weighted by atomic mass is 16.5. The second-order valence-corrected chi connectivity index (χ2v) is 7.14. The first-order valence-electron chi connectivity index (χ1n) is 9.11. The molecule has 140 valence electrons. The number of carbonyl (C=O) groups is 1. The Balaban J connectivity index is 2.03. The second-order valence-electron chi connectivity index (χ2n) is 7.14. The number of benzene rings is 2. The van der Waals surface area contributed by atoms with E-state index in [-0.39, 0.29) is 12.0 Å². The summed E-state index contributed by atoms with van der Waals surface area (Å²) in [6.45, 7) is 12.0. The van der Waals surface area contributed by atoms with E-state index >= 15 is 0 Å². The van der Waals surface area contributed by atoms with Crippen molar-refractivity contribution in [2.24, 2.45) is 0 Å². The van der Waals surface area contributed by atoms with Crippen molar-refractivity contribution in [3.05, 3.63) is 53.6 Å². The lowest BCUT2D eigenvalue weighted by Crippen LogP contribution is -2.30. The lowest BCUT2D eigenvalue weighted by Gasteiger charge is -2.19. The van der Waals surface area contributed by atoms with Crippen molar-refractivity contribution < 1.29 is 14.3 Å². The summed E-state index contributed by atoms with van der Waals surface area (Å²) in [6.07, 6.45) is -0.478. The van der Waals surface area contributed by atoms with E-state index < -0.39 is 6.10 Å². The number of anilines is 1. The van der Waals surface area contributed by atoms with Crippen LogP contribution in [0.5, 0.6) is 11.5 Å². The standard InChI is InChI=1S/C22H29NO3/c1-14(2)20-12-7-16(5)13-21(20)26-17(6)22(24)23-18-8-10-19(11-9-18)25-15(3)4/h7-15,17H,1-6H3,(H,23,24)/t17-/m1/s1. The Bertz CT molecular complexity index is 736. The molecule has 26 heavy (non-hydrogen) atoms. The highest BCUT2D eigenvalue weighted by Gasteiger charge is 2.18. The predicted octanol–water partition coefficient (Wildman–Crippen LogP) is 5.31. The molecule has 0 bridgehead atoms. The molecule has 0 heterocycles. The van der Waals surface area contributed by atoms with E-state index in [1.807, 2.05) is 51.1 Å². The van der Waals surface area contributed by atoms with Gasteiger partial charge in [-0.05, 0) is 75.1 Å². The van der Waals surface area contributed by atoms with E-state index in [9.17, 15) is 4.79 Å². The van der Waals surface area contributed by atoms with Gasteiger partial charge < -0.3 is 14.8 Å². The maximum atomic E-state index is 12.5. The van der Waals surface area contributed by atoms with Gasteiger partial charge in [-0.25, -0.2) is 0 Å². The molecule has 4 heteroatoms. The molecule has 0 aliphatic carbocycles. The van der Waals surface area contributed by atoms with Crippen molar-refractivity contribution in [2.45, 2.75) is 59.7 Å². The zero-order chi connectivity index (χ0) is 19.3. The lowest BCUT2D eigenvalue weighted by atomic mass is 10.0. The third kappa shape index (κ3) is 5.51. The summed E-state index contributed by atoms with van der Waals surface area (Å²) in [7, 11) is 0. The smallest absolute Gasteiger partial charge is 0.265 e. The number of ether oxygens (including phenoxy) is 2. The summed E-state index contributed by atoms with van der Waals surface area (Å²) in [5.74, 6) is 1.69. The molecule has 0 aliphatic heterocycles. The molecule has 0 saturated carbocycles. The van der Waals surface area contributed by atoms with Crippen molar-refractivity contribution in [1.82, 2.24) is 0 Å². The van der Waals surface area contributed by atoms with Gasteiger partial charge in [0.1, 0.15) is 11.5 Å². The fraction of sp³-hybridized carbons (Fsp3) is 0.409. The minimum atomic E-state index is -0.596. The van der Waals surface area contributed by atoms with Crippen LogP contribution in [-0.2, 0) is 4.79 Å². The van der Waals surface area contributed by atoms with E-state index in [4.69, 9.17) is 9.47 Å². The number of carbonyl (C=O) groups excluding carboxylic acids is 1. The van der Waals surface area contributed by atoms with Crippen LogP contribution in [-0.4, -0.2) is 18.1 Å². The topological polar surface area (TPSA) is 47.6 Å². The summed E-state index contributed by atoms with van der Waals surface area (Å²) in [5, 5.41) is 2.89. The molecule has 2 rings (SSSR count). The Labute approximate surface area is 156 Å². The second kappa shape index (κ2) is 8.75. The summed E-state index contributed by atoms with van der Waals surface area (Å²) in [5.41, 5.74) is 2.93. The molecule has 1 atom stereocenters.